The number of pyridine rings is 1. The Kier molecular flexibility index (Phi) is 8.32. The van der Waals surface area contributed by atoms with Gasteiger partial charge in [0.1, 0.15) is 17.3 Å². The number of Topliss-reactive ketones (excluding diaryl/α,β-unsaturated/α-hetero) is 1. The monoisotopic (exact) mass is 520 g/mol. The van der Waals surface area contributed by atoms with Gasteiger partial charge in [-0.15, -0.1) is 0 Å². The minimum Gasteiger partial charge on any atom is -0.494 e. The van der Waals surface area contributed by atoms with E-state index in [4.69, 9.17) is 14.5 Å². The molecule has 1 N–H and O–H groups in total. The molecule has 39 heavy (non-hydrogen) atoms. The van der Waals surface area contributed by atoms with Crippen molar-refractivity contribution in [1.29, 1.82) is 0 Å². The molecule has 6 heteroatoms. The van der Waals surface area contributed by atoms with E-state index in [-0.39, 0.29) is 24.5 Å². The van der Waals surface area contributed by atoms with Crippen LogP contribution in [0.25, 0.3) is 22.4 Å². The summed E-state index contributed by atoms with van der Waals surface area (Å²) < 4.78 is 11.4. The molecule has 198 valence electrons. The fourth-order valence-electron chi connectivity index (χ4n) is 4.55. The summed E-state index contributed by atoms with van der Waals surface area (Å²) in [5, 5.41) is 2.91. The van der Waals surface area contributed by atoms with Gasteiger partial charge < -0.3 is 14.8 Å². The Hall–Kier alpha value is -4.45. The average molecular weight is 521 g/mol. The highest BCUT2D eigenvalue weighted by molar-refractivity contribution is 6.00. The van der Waals surface area contributed by atoms with Crippen LogP contribution in [0.15, 0.2) is 84.9 Å². The van der Waals surface area contributed by atoms with Gasteiger partial charge in [0.05, 0.1) is 18.9 Å². The topological polar surface area (TPSA) is 77.5 Å². The number of aromatic nitrogens is 1. The highest BCUT2D eigenvalue weighted by Crippen LogP contribution is 2.30. The molecule has 0 aliphatic carbocycles. The largest absolute Gasteiger partial charge is 0.494 e. The van der Waals surface area contributed by atoms with Gasteiger partial charge in [0.15, 0.2) is 5.78 Å². The smallest absolute Gasteiger partial charge is 0.225 e. The maximum Gasteiger partial charge on any atom is 0.225 e. The zero-order valence-corrected chi connectivity index (χ0v) is 22.1. The normalized spacial score (nSPS) is 11.9. The number of anilines is 1. The maximum atomic E-state index is 12.9. The summed E-state index contributed by atoms with van der Waals surface area (Å²) in [4.78, 5) is 30.4. The first-order valence-electron chi connectivity index (χ1n) is 13.5. The molecule has 0 atom stereocenters. The van der Waals surface area contributed by atoms with Crippen molar-refractivity contribution in [3.05, 3.63) is 96.1 Å². The van der Waals surface area contributed by atoms with Gasteiger partial charge in [0, 0.05) is 30.4 Å². The van der Waals surface area contributed by atoms with E-state index in [0.717, 1.165) is 58.7 Å². The predicted molar refractivity (Wildman–Crippen MR) is 153 cm³/mol. The quantitative estimate of drug-likeness (QED) is 0.168. The summed E-state index contributed by atoms with van der Waals surface area (Å²) in [6.07, 6.45) is 3.06. The first-order chi connectivity index (χ1) is 19.1. The summed E-state index contributed by atoms with van der Waals surface area (Å²) in [5.41, 5.74) is 5.23. The van der Waals surface area contributed by atoms with E-state index in [9.17, 15) is 9.59 Å². The summed E-state index contributed by atoms with van der Waals surface area (Å²) in [6.45, 7) is 3.45. The van der Waals surface area contributed by atoms with E-state index in [1.807, 2.05) is 78.9 Å². The van der Waals surface area contributed by atoms with Crippen molar-refractivity contribution in [3.8, 4) is 33.9 Å². The predicted octanol–water partition coefficient (Wildman–Crippen LogP) is 7.13. The number of fused-ring (bicyclic) bond motifs is 1. The van der Waals surface area contributed by atoms with Crippen molar-refractivity contribution in [1.82, 2.24) is 4.98 Å². The van der Waals surface area contributed by atoms with Crippen LogP contribution in [-0.4, -0.2) is 29.9 Å². The lowest BCUT2D eigenvalue weighted by Crippen LogP contribution is -2.14. The highest BCUT2D eigenvalue weighted by Gasteiger charge is 2.17. The minimum atomic E-state index is -0.256. The molecule has 0 radical (unpaired) electrons. The molecule has 0 fully saturated rings. The number of carbonyl (C=O) groups is 2. The Morgan fingerprint density at radius 1 is 0.897 bits per heavy atom. The number of hydrogen-bond acceptors (Lipinski definition) is 5. The molecule has 0 saturated heterocycles. The van der Waals surface area contributed by atoms with Gasteiger partial charge in [-0.1, -0.05) is 55.8 Å². The number of ether oxygens (including phenoxy) is 2. The molecule has 1 aliphatic heterocycles. The van der Waals surface area contributed by atoms with Crippen LogP contribution in [0.2, 0.25) is 0 Å². The molecule has 0 bridgehead atoms. The molecule has 6 nitrogen and oxygen atoms in total. The van der Waals surface area contributed by atoms with Crippen LogP contribution in [0.1, 0.15) is 48.5 Å². The molecule has 4 aromatic rings. The fraction of sp³-hybridized carbons (Fsp3) is 0.242. The highest BCUT2D eigenvalue weighted by atomic mass is 16.5. The van der Waals surface area contributed by atoms with Crippen molar-refractivity contribution in [2.45, 2.75) is 39.0 Å². The summed E-state index contributed by atoms with van der Waals surface area (Å²) in [6, 6.07) is 27.1. The van der Waals surface area contributed by atoms with E-state index in [2.05, 4.69) is 12.2 Å². The maximum absolute atomic E-state index is 12.9. The van der Waals surface area contributed by atoms with Gasteiger partial charge in [-0.3, -0.25) is 9.59 Å². The van der Waals surface area contributed by atoms with Gasteiger partial charge in [-0.2, -0.15) is 0 Å². The number of carbonyl (C=O) groups excluding carboxylic acids is 2. The van der Waals surface area contributed by atoms with Gasteiger partial charge in [-0.25, -0.2) is 4.98 Å². The van der Waals surface area contributed by atoms with Crippen LogP contribution in [0, 0.1) is 0 Å². The molecule has 5 rings (SSSR count). The number of nitrogens with zero attached hydrogens (tertiary/aromatic N) is 1. The number of hydrogen-bond donors (Lipinski definition) is 1. The third-order valence-electron chi connectivity index (χ3n) is 6.69. The zero-order chi connectivity index (χ0) is 27.0. The third kappa shape index (κ3) is 6.71. The number of benzene rings is 3. The van der Waals surface area contributed by atoms with Crippen molar-refractivity contribution in [3.63, 3.8) is 0 Å². The van der Waals surface area contributed by atoms with Gasteiger partial charge in [0.25, 0.3) is 0 Å². The molecule has 1 aliphatic rings. The fourth-order valence-corrected chi connectivity index (χ4v) is 4.55. The van der Waals surface area contributed by atoms with Gasteiger partial charge in [-0.05, 0) is 65.6 Å². The second-order valence-electron chi connectivity index (χ2n) is 9.61. The molecule has 3 aromatic carbocycles. The second kappa shape index (κ2) is 12.4. The van der Waals surface area contributed by atoms with Crippen LogP contribution < -0.4 is 14.8 Å². The Labute approximate surface area is 229 Å². The second-order valence-corrected chi connectivity index (χ2v) is 9.61. The lowest BCUT2D eigenvalue weighted by atomic mass is 10.0. The van der Waals surface area contributed by atoms with Crippen molar-refractivity contribution in [2.24, 2.45) is 0 Å². The lowest BCUT2D eigenvalue weighted by molar-refractivity contribution is -0.116. The summed E-state index contributed by atoms with van der Waals surface area (Å²) in [7, 11) is 0. The third-order valence-corrected chi connectivity index (χ3v) is 6.69. The average Bonchev–Trinajstić information content (AvgIpc) is 3.45. The van der Waals surface area contributed by atoms with Crippen LogP contribution in [0.4, 0.5) is 5.82 Å². The number of ketones is 1. The van der Waals surface area contributed by atoms with Crippen molar-refractivity contribution < 1.29 is 19.1 Å². The van der Waals surface area contributed by atoms with Crippen LogP contribution >= 0.6 is 0 Å². The Morgan fingerprint density at radius 3 is 2.59 bits per heavy atom. The van der Waals surface area contributed by atoms with E-state index in [1.54, 1.807) is 6.07 Å². The molecule has 0 saturated carbocycles. The van der Waals surface area contributed by atoms with E-state index < -0.39 is 0 Å². The molecular formula is C33H32N2O4. The zero-order valence-electron chi connectivity index (χ0n) is 22.1. The number of unbranched alkanes of at least 4 members (excludes halogenated alkanes) is 1. The first-order valence-corrected chi connectivity index (χ1v) is 13.5. The van der Waals surface area contributed by atoms with E-state index >= 15 is 0 Å². The SMILES string of the molecule is CCCCOc1cccc(-c2cc(NC(=O)CCC(=O)c3ccc4c(c3)CCO4)nc(-c3ccccc3)c2)c1. The molecule has 2 heterocycles. The van der Waals surface area contributed by atoms with E-state index in [0.29, 0.717) is 24.6 Å². The molecule has 0 spiro atoms. The summed E-state index contributed by atoms with van der Waals surface area (Å²) in [5.74, 6) is 1.76. The van der Waals surface area contributed by atoms with Crippen LogP contribution in [-0.2, 0) is 11.2 Å². The number of amides is 1. The van der Waals surface area contributed by atoms with Crippen molar-refractivity contribution in [2.75, 3.05) is 18.5 Å². The van der Waals surface area contributed by atoms with E-state index in [1.165, 1.54) is 0 Å². The van der Waals surface area contributed by atoms with Crippen molar-refractivity contribution >= 4 is 17.5 Å². The Balaban J connectivity index is 1.33. The lowest BCUT2D eigenvalue weighted by Gasteiger charge is -2.12. The standard InChI is InChI=1S/C33H32N2O4/c1-2-3-17-38-28-11-7-10-24(20-28)27-21-29(23-8-5-4-6-9-23)34-32(22-27)35-33(37)15-13-30(36)25-12-14-31-26(19-25)16-18-39-31/h4-12,14,19-22H,2-3,13,15-18H2,1H3,(H,34,35,37). The molecule has 0 unspecified atom stereocenters. The van der Waals surface area contributed by atoms with Crippen LogP contribution in [0.3, 0.4) is 0 Å². The number of rotatable bonds is 11. The molecule has 1 amide bonds. The Morgan fingerprint density at radius 2 is 1.74 bits per heavy atom. The minimum absolute atomic E-state index is 0.0635. The van der Waals surface area contributed by atoms with Gasteiger partial charge >= 0.3 is 0 Å². The van der Waals surface area contributed by atoms with Gasteiger partial charge in [0.2, 0.25) is 5.91 Å². The first kappa shape index (κ1) is 26.2. The Bertz CT molecular complexity index is 1470. The van der Waals surface area contributed by atoms with Crippen LogP contribution in [0.5, 0.6) is 11.5 Å². The number of nitrogens with one attached hydrogen (secondary N) is 1. The molecular weight excluding hydrogens is 488 g/mol. The summed E-state index contributed by atoms with van der Waals surface area (Å²) >= 11 is 0. The molecule has 1 aromatic heterocycles.